The second-order valence-corrected chi connectivity index (χ2v) is 7.97. The number of benzene rings is 3. The molecule has 0 spiro atoms. The molecule has 1 atom stereocenters. The van der Waals surface area contributed by atoms with Crippen LogP contribution >= 0.6 is 11.6 Å². The average molecular weight is 466 g/mol. The summed E-state index contributed by atoms with van der Waals surface area (Å²) in [7, 11) is 0. The molecule has 6 nitrogen and oxygen atoms in total. The number of ketones is 1. The molecule has 3 aromatic carbocycles. The van der Waals surface area contributed by atoms with Crippen molar-refractivity contribution in [3.63, 3.8) is 0 Å². The predicted molar refractivity (Wildman–Crippen MR) is 127 cm³/mol. The van der Waals surface area contributed by atoms with Crippen LogP contribution in [-0.2, 0) is 16.1 Å². The zero-order chi connectivity index (χ0) is 24.0. The smallest absolute Gasteiger partial charge is 0.347 e. The summed E-state index contributed by atoms with van der Waals surface area (Å²) in [6.07, 6.45) is -0.818. The van der Waals surface area contributed by atoms with E-state index in [0.717, 1.165) is 11.1 Å². The molecule has 0 fully saturated rings. The van der Waals surface area contributed by atoms with Gasteiger partial charge in [0.15, 0.2) is 11.9 Å². The molecule has 0 heterocycles. The second-order valence-electron chi connectivity index (χ2n) is 7.56. The second kappa shape index (κ2) is 10.8. The van der Waals surface area contributed by atoms with Crippen molar-refractivity contribution in [3.05, 3.63) is 94.0 Å². The number of amides is 1. The van der Waals surface area contributed by atoms with Gasteiger partial charge in [0, 0.05) is 21.8 Å². The van der Waals surface area contributed by atoms with Gasteiger partial charge in [-0.3, -0.25) is 9.59 Å². The summed E-state index contributed by atoms with van der Waals surface area (Å²) in [5, 5.41) is 3.46. The molecule has 0 aliphatic rings. The number of Topliss-reactive ketones (excluding diaryl/α,β-unsaturated/α-hetero) is 1. The molecule has 0 aliphatic heterocycles. The van der Waals surface area contributed by atoms with Crippen LogP contribution < -0.4 is 10.1 Å². The van der Waals surface area contributed by atoms with Crippen molar-refractivity contribution in [3.8, 4) is 5.75 Å². The first-order valence-electron chi connectivity index (χ1n) is 10.3. The first-order valence-corrected chi connectivity index (χ1v) is 10.7. The van der Waals surface area contributed by atoms with Crippen molar-refractivity contribution in [1.29, 1.82) is 0 Å². The first kappa shape index (κ1) is 24.0. The van der Waals surface area contributed by atoms with Crippen molar-refractivity contribution in [2.45, 2.75) is 33.5 Å². The van der Waals surface area contributed by atoms with Crippen LogP contribution in [0.25, 0.3) is 0 Å². The SMILES string of the molecule is CC(=O)c1ccc(O[C@@H](C)C(=O)OCc2ccc(C(=O)Nc3ccc(Cl)c(C)c3)cc2)cc1. The molecule has 0 saturated heterocycles. The summed E-state index contributed by atoms with van der Waals surface area (Å²) in [6.45, 7) is 4.99. The monoisotopic (exact) mass is 465 g/mol. The lowest BCUT2D eigenvalue weighted by molar-refractivity contribution is -0.152. The molecule has 7 heteroatoms. The van der Waals surface area contributed by atoms with E-state index in [1.54, 1.807) is 73.7 Å². The number of hydrogen-bond donors (Lipinski definition) is 1. The Bertz CT molecular complexity index is 1160. The minimum Gasteiger partial charge on any atom is -0.479 e. The van der Waals surface area contributed by atoms with Crippen LogP contribution in [0.4, 0.5) is 5.69 Å². The van der Waals surface area contributed by atoms with Crippen LogP contribution in [0.2, 0.25) is 5.02 Å². The number of aryl methyl sites for hydroxylation is 1. The van der Waals surface area contributed by atoms with Gasteiger partial charge in [-0.15, -0.1) is 0 Å². The number of anilines is 1. The Morgan fingerprint density at radius 2 is 1.58 bits per heavy atom. The highest BCUT2D eigenvalue weighted by atomic mass is 35.5. The minimum absolute atomic E-state index is 0.0439. The van der Waals surface area contributed by atoms with Crippen LogP contribution in [0, 0.1) is 6.92 Å². The third kappa shape index (κ3) is 6.67. The van der Waals surface area contributed by atoms with Gasteiger partial charge < -0.3 is 14.8 Å². The standard InChI is InChI=1S/C26H24ClNO5/c1-16-14-22(10-13-24(16)27)28-25(30)21-6-4-19(5-7-21)15-32-26(31)18(3)33-23-11-8-20(9-12-23)17(2)29/h4-14,18H,15H2,1-3H3,(H,28,30)/t18-/m0/s1. The van der Waals surface area contributed by atoms with Gasteiger partial charge in [-0.05, 0) is 86.5 Å². The van der Waals surface area contributed by atoms with Crippen LogP contribution in [0.5, 0.6) is 5.75 Å². The Hall–Kier alpha value is -3.64. The van der Waals surface area contributed by atoms with Crippen molar-refractivity contribution in [2.75, 3.05) is 5.32 Å². The Labute approximate surface area is 197 Å². The van der Waals surface area contributed by atoms with E-state index < -0.39 is 12.1 Å². The molecule has 0 saturated carbocycles. The molecule has 0 aromatic heterocycles. The molecule has 1 N–H and O–H groups in total. The van der Waals surface area contributed by atoms with Crippen molar-refractivity contribution in [2.24, 2.45) is 0 Å². The molecule has 170 valence electrons. The average Bonchev–Trinajstić information content (AvgIpc) is 2.80. The molecule has 3 rings (SSSR count). The topological polar surface area (TPSA) is 81.7 Å². The fourth-order valence-electron chi connectivity index (χ4n) is 2.97. The Kier molecular flexibility index (Phi) is 7.85. The molecular weight excluding hydrogens is 442 g/mol. The quantitative estimate of drug-likeness (QED) is 0.345. The summed E-state index contributed by atoms with van der Waals surface area (Å²) in [5.41, 5.74) is 3.31. The van der Waals surface area contributed by atoms with Crippen molar-refractivity contribution >= 4 is 34.9 Å². The van der Waals surface area contributed by atoms with Gasteiger partial charge in [0.05, 0.1) is 0 Å². The Morgan fingerprint density at radius 3 is 2.18 bits per heavy atom. The van der Waals surface area contributed by atoms with Gasteiger partial charge in [0.2, 0.25) is 0 Å². The Balaban J connectivity index is 1.50. The van der Waals surface area contributed by atoms with Gasteiger partial charge in [-0.1, -0.05) is 23.7 Å². The minimum atomic E-state index is -0.818. The maximum Gasteiger partial charge on any atom is 0.347 e. The molecular formula is C26H24ClNO5. The summed E-state index contributed by atoms with van der Waals surface area (Å²) >= 11 is 6.01. The molecule has 33 heavy (non-hydrogen) atoms. The summed E-state index contributed by atoms with van der Waals surface area (Å²) in [4.78, 5) is 36.0. The van der Waals surface area contributed by atoms with Crippen LogP contribution in [-0.4, -0.2) is 23.8 Å². The predicted octanol–water partition coefficient (Wildman–Crippen LogP) is 5.61. The molecule has 1 amide bonds. The summed E-state index contributed by atoms with van der Waals surface area (Å²) < 4.78 is 10.9. The van der Waals surface area contributed by atoms with Gasteiger partial charge in [0.25, 0.3) is 5.91 Å². The number of ether oxygens (including phenoxy) is 2. The maximum absolute atomic E-state index is 12.4. The van der Waals surface area contributed by atoms with Crippen LogP contribution in [0.1, 0.15) is 45.7 Å². The van der Waals surface area contributed by atoms with E-state index in [9.17, 15) is 14.4 Å². The number of esters is 1. The van der Waals surface area contributed by atoms with E-state index in [0.29, 0.717) is 27.6 Å². The van der Waals surface area contributed by atoms with E-state index in [1.807, 2.05) is 6.92 Å². The number of rotatable bonds is 8. The highest BCUT2D eigenvalue weighted by Crippen LogP contribution is 2.20. The molecule has 0 radical (unpaired) electrons. The van der Waals surface area contributed by atoms with Gasteiger partial charge >= 0.3 is 5.97 Å². The lowest BCUT2D eigenvalue weighted by Crippen LogP contribution is -2.26. The summed E-state index contributed by atoms with van der Waals surface area (Å²) in [5.74, 6) is -0.350. The van der Waals surface area contributed by atoms with E-state index in [1.165, 1.54) is 6.92 Å². The lowest BCUT2D eigenvalue weighted by atomic mass is 10.1. The number of carbonyl (C=O) groups excluding carboxylic acids is 3. The van der Waals surface area contributed by atoms with Gasteiger partial charge in [0.1, 0.15) is 12.4 Å². The van der Waals surface area contributed by atoms with E-state index in [4.69, 9.17) is 21.1 Å². The molecule has 0 bridgehead atoms. The Morgan fingerprint density at radius 1 is 0.939 bits per heavy atom. The highest BCUT2D eigenvalue weighted by molar-refractivity contribution is 6.31. The number of hydrogen-bond acceptors (Lipinski definition) is 5. The first-order chi connectivity index (χ1) is 15.7. The van der Waals surface area contributed by atoms with Crippen LogP contribution in [0.3, 0.4) is 0 Å². The normalized spacial score (nSPS) is 11.4. The third-order valence-corrected chi connectivity index (χ3v) is 5.34. The van der Waals surface area contributed by atoms with E-state index >= 15 is 0 Å². The fourth-order valence-corrected chi connectivity index (χ4v) is 3.09. The van der Waals surface area contributed by atoms with Crippen molar-refractivity contribution < 1.29 is 23.9 Å². The number of carbonyl (C=O) groups is 3. The van der Waals surface area contributed by atoms with E-state index in [-0.39, 0.29) is 18.3 Å². The molecule has 3 aromatic rings. The van der Waals surface area contributed by atoms with Crippen molar-refractivity contribution in [1.82, 2.24) is 0 Å². The summed E-state index contributed by atoms with van der Waals surface area (Å²) in [6, 6.07) is 18.6. The van der Waals surface area contributed by atoms with E-state index in [2.05, 4.69) is 5.32 Å². The highest BCUT2D eigenvalue weighted by Gasteiger charge is 2.17. The van der Waals surface area contributed by atoms with Crippen LogP contribution in [0.15, 0.2) is 66.7 Å². The third-order valence-electron chi connectivity index (χ3n) is 4.92. The van der Waals surface area contributed by atoms with Gasteiger partial charge in [-0.25, -0.2) is 4.79 Å². The maximum atomic E-state index is 12.4. The number of halogens is 1. The van der Waals surface area contributed by atoms with Gasteiger partial charge in [-0.2, -0.15) is 0 Å². The lowest BCUT2D eigenvalue weighted by Gasteiger charge is -2.14. The molecule has 0 aliphatic carbocycles. The molecule has 0 unspecified atom stereocenters. The number of nitrogens with one attached hydrogen (secondary N) is 1. The largest absolute Gasteiger partial charge is 0.479 e. The zero-order valence-electron chi connectivity index (χ0n) is 18.6. The fraction of sp³-hybridized carbons (Fsp3) is 0.192. The zero-order valence-corrected chi connectivity index (χ0v) is 19.3.